The number of unbranched alkanes of at least 4 members (excludes halogenated alkanes) is 2. The SMILES string of the molecule is CC(C)C[C@H](NC(=O)CCCCCN1C(=O)c2ccccc2C1=O)c1ccccc1. The molecule has 1 heterocycles. The van der Waals surface area contributed by atoms with Crippen LogP contribution >= 0.6 is 0 Å². The summed E-state index contributed by atoms with van der Waals surface area (Å²) in [6, 6.07) is 17.0. The van der Waals surface area contributed by atoms with Crippen LogP contribution in [0.3, 0.4) is 0 Å². The summed E-state index contributed by atoms with van der Waals surface area (Å²) in [5.74, 6) is 0.0980. The number of rotatable bonds is 10. The van der Waals surface area contributed by atoms with Crippen molar-refractivity contribution in [2.24, 2.45) is 5.92 Å². The molecule has 0 saturated heterocycles. The number of imide groups is 1. The maximum Gasteiger partial charge on any atom is 0.261 e. The van der Waals surface area contributed by atoms with E-state index in [4.69, 9.17) is 0 Å². The van der Waals surface area contributed by atoms with Crippen LogP contribution in [0.4, 0.5) is 0 Å². The van der Waals surface area contributed by atoms with E-state index >= 15 is 0 Å². The number of hydrogen-bond donors (Lipinski definition) is 1. The standard InChI is InChI=1S/C25H30N2O3/c1-18(2)17-22(19-11-5-3-6-12-19)26-23(28)15-7-4-10-16-27-24(29)20-13-8-9-14-21(20)25(27)30/h3,5-6,8-9,11-14,18,22H,4,7,10,15-17H2,1-2H3,(H,26,28)/t22-/m0/s1. The quantitative estimate of drug-likeness (QED) is 0.457. The van der Waals surface area contributed by atoms with Gasteiger partial charge >= 0.3 is 0 Å². The van der Waals surface area contributed by atoms with E-state index in [-0.39, 0.29) is 23.8 Å². The average molecular weight is 407 g/mol. The van der Waals surface area contributed by atoms with E-state index in [9.17, 15) is 14.4 Å². The summed E-state index contributed by atoms with van der Waals surface area (Å²) in [6.45, 7) is 4.70. The molecule has 0 aliphatic carbocycles. The fourth-order valence-electron chi connectivity index (χ4n) is 3.88. The number of nitrogens with one attached hydrogen (secondary N) is 1. The fourth-order valence-corrected chi connectivity index (χ4v) is 3.88. The van der Waals surface area contributed by atoms with Crippen molar-refractivity contribution in [3.8, 4) is 0 Å². The summed E-state index contributed by atoms with van der Waals surface area (Å²) >= 11 is 0. The molecule has 0 fully saturated rings. The summed E-state index contributed by atoms with van der Waals surface area (Å²) in [7, 11) is 0. The molecule has 0 spiro atoms. The van der Waals surface area contributed by atoms with E-state index in [2.05, 4.69) is 31.3 Å². The Balaban J connectivity index is 1.41. The minimum Gasteiger partial charge on any atom is -0.349 e. The lowest BCUT2D eigenvalue weighted by molar-refractivity contribution is -0.122. The molecule has 3 rings (SSSR count). The van der Waals surface area contributed by atoms with Crippen molar-refractivity contribution in [2.45, 2.75) is 52.0 Å². The van der Waals surface area contributed by atoms with Crippen molar-refractivity contribution in [3.63, 3.8) is 0 Å². The highest BCUT2D eigenvalue weighted by molar-refractivity contribution is 6.21. The molecular formula is C25H30N2O3. The molecule has 0 unspecified atom stereocenters. The summed E-state index contributed by atoms with van der Waals surface area (Å²) in [5, 5.41) is 3.17. The molecular weight excluding hydrogens is 376 g/mol. The Bertz CT molecular complexity index is 857. The average Bonchev–Trinajstić information content (AvgIpc) is 2.98. The van der Waals surface area contributed by atoms with Crippen molar-refractivity contribution in [1.82, 2.24) is 10.2 Å². The van der Waals surface area contributed by atoms with Crippen LogP contribution < -0.4 is 5.32 Å². The zero-order valence-electron chi connectivity index (χ0n) is 17.8. The van der Waals surface area contributed by atoms with Gasteiger partial charge in [0.2, 0.25) is 5.91 Å². The van der Waals surface area contributed by atoms with Gasteiger partial charge in [-0.25, -0.2) is 0 Å². The number of amides is 3. The van der Waals surface area contributed by atoms with Crippen LogP contribution in [0.5, 0.6) is 0 Å². The maximum absolute atomic E-state index is 12.5. The number of carbonyl (C=O) groups is 3. The Labute approximate surface area is 178 Å². The summed E-state index contributed by atoms with van der Waals surface area (Å²) in [4.78, 5) is 38.5. The molecule has 2 aromatic rings. The molecule has 5 heteroatoms. The van der Waals surface area contributed by atoms with Crippen LogP contribution in [0, 0.1) is 5.92 Å². The van der Waals surface area contributed by atoms with E-state index in [1.54, 1.807) is 24.3 Å². The first-order valence-corrected chi connectivity index (χ1v) is 10.8. The second-order valence-corrected chi connectivity index (χ2v) is 8.28. The molecule has 3 amide bonds. The highest BCUT2D eigenvalue weighted by Crippen LogP contribution is 2.23. The number of hydrogen-bond acceptors (Lipinski definition) is 3. The van der Waals surface area contributed by atoms with Gasteiger partial charge in [-0.3, -0.25) is 19.3 Å². The maximum atomic E-state index is 12.5. The van der Waals surface area contributed by atoms with Gasteiger partial charge < -0.3 is 5.32 Å². The number of benzene rings is 2. The van der Waals surface area contributed by atoms with E-state index in [0.717, 1.165) is 24.8 Å². The van der Waals surface area contributed by atoms with Crippen molar-refractivity contribution >= 4 is 17.7 Å². The third kappa shape index (κ3) is 5.35. The largest absolute Gasteiger partial charge is 0.349 e. The molecule has 1 atom stereocenters. The van der Waals surface area contributed by atoms with Gasteiger partial charge in [0.1, 0.15) is 0 Å². The topological polar surface area (TPSA) is 66.5 Å². The molecule has 0 aromatic heterocycles. The Kier molecular flexibility index (Phi) is 7.39. The van der Waals surface area contributed by atoms with Gasteiger partial charge in [0.15, 0.2) is 0 Å². The van der Waals surface area contributed by atoms with E-state index < -0.39 is 0 Å². The number of nitrogens with zero attached hydrogens (tertiary/aromatic N) is 1. The molecule has 30 heavy (non-hydrogen) atoms. The van der Waals surface area contributed by atoms with Crippen LogP contribution in [-0.4, -0.2) is 29.2 Å². The fraction of sp³-hybridized carbons (Fsp3) is 0.400. The highest BCUT2D eigenvalue weighted by atomic mass is 16.2. The van der Waals surface area contributed by atoms with E-state index in [1.807, 2.05) is 18.2 Å². The predicted molar refractivity (Wildman–Crippen MR) is 117 cm³/mol. The molecule has 1 aliphatic rings. The lowest BCUT2D eigenvalue weighted by Crippen LogP contribution is -2.31. The second kappa shape index (κ2) is 10.2. The van der Waals surface area contributed by atoms with Crippen LogP contribution in [0.1, 0.15) is 78.3 Å². The molecule has 5 nitrogen and oxygen atoms in total. The van der Waals surface area contributed by atoms with Crippen LogP contribution in [0.15, 0.2) is 54.6 Å². The lowest BCUT2D eigenvalue weighted by atomic mass is 9.97. The summed E-state index contributed by atoms with van der Waals surface area (Å²) in [5.41, 5.74) is 2.10. The summed E-state index contributed by atoms with van der Waals surface area (Å²) in [6.07, 6.45) is 3.57. The highest BCUT2D eigenvalue weighted by Gasteiger charge is 2.34. The molecule has 0 radical (unpaired) electrons. The Morgan fingerprint density at radius 1 is 0.867 bits per heavy atom. The minimum absolute atomic E-state index is 0.0250. The van der Waals surface area contributed by atoms with Gasteiger partial charge in [0.25, 0.3) is 11.8 Å². The van der Waals surface area contributed by atoms with Gasteiger partial charge in [-0.1, -0.05) is 62.7 Å². The van der Waals surface area contributed by atoms with Crippen LogP contribution in [0.2, 0.25) is 0 Å². The normalized spacial score (nSPS) is 14.2. The Hall–Kier alpha value is -2.95. The monoisotopic (exact) mass is 406 g/mol. The smallest absolute Gasteiger partial charge is 0.261 e. The van der Waals surface area contributed by atoms with Crippen molar-refractivity contribution < 1.29 is 14.4 Å². The van der Waals surface area contributed by atoms with Gasteiger partial charge in [-0.15, -0.1) is 0 Å². The number of fused-ring (bicyclic) bond motifs is 1. The third-order valence-corrected chi connectivity index (χ3v) is 5.41. The van der Waals surface area contributed by atoms with Gasteiger partial charge in [-0.05, 0) is 42.9 Å². The zero-order valence-corrected chi connectivity index (χ0v) is 17.8. The molecule has 1 N–H and O–H groups in total. The van der Waals surface area contributed by atoms with Crippen molar-refractivity contribution in [3.05, 3.63) is 71.3 Å². The first-order valence-electron chi connectivity index (χ1n) is 10.8. The molecule has 0 saturated carbocycles. The molecule has 1 aliphatic heterocycles. The van der Waals surface area contributed by atoms with Gasteiger partial charge in [-0.2, -0.15) is 0 Å². The van der Waals surface area contributed by atoms with E-state index in [1.165, 1.54) is 4.90 Å². The Morgan fingerprint density at radius 3 is 2.07 bits per heavy atom. The summed E-state index contributed by atoms with van der Waals surface area (Å²) < 4.78 is 0. The third-order valence-electron chi connectivity index (χ3n) is 5.41. The first-order chi connectivity index (χ1) is 14.5. The molecule has 2 aromatic carbocycles. The van der Waals surface area contributed by atoms with Crippen LogP contribution in [0.25, 0.3) is 0 Å². The molecule has 0 bridgehead atoms. The van der Waals surface area contributed by atoms with Crippen molar-refractivity contribution in [2.75, 3.05) is 6.54 Å². The first kappa shape index (κ1) is 21.8. The molecule has 158 valence electrons. The number of carbonyl (C=O) groups excluding carboxylic acids is 3. The predicted octanol–water partition coefficient (Wildman–Crippen LogP) is 4.75. The minimum atomic E-state index is -0.215. The van der Waals surface area contributed by atoms with Gasteiger partial charge in [0, 0.05) is 13.0 Å². The van der Waals surface area contributed by atoms with Crippen LogP contribution in [-0.2, 0) is 4.79 Å². The Morgan fingerprint density at radius 2 is 1.47 bits per heavy atom. The van der Waals surface area contributed by atoms with Gasteiger partial charge in [0.05, 0.1) is 17.2 Å². The van der Waals surface area contributed by atoms with Crippen molar-refractivity contribution in [1.29, 1.82) is 0 Å². The zero-order chi connectivity index (χ0) is 21.5. The second-order valence-electron chi connectivity index (χ2n) is 8.28. The lowest BCUT2D eigenvalue weighted by Gasteiger charge is -2.21. The van der Waals surface area contributed by atoms with E-state index in [0.29, 0.717) is 36.4 Å².